The third kappa shape index (κ3) is 8.97. The average molecular weight is 272 g/mol. The van der Waals surface area contributed by atoms with Crippen LogP contribution in [0.5, 0.6) is 0 Å². The fourth-order valence-electron chi connectivity index (χ4n) is 2.05. The number of hydrogen-bond acceptors (Lipinski definition) is 4. The molecule has 2 atom stereocenters. The van der Waals surface area contributed by atoms with Gasteiger partial charge in [0.15, 0.2) is 0 Å². The molecule has 0 aromatic carbocycles. The molecule has 5 heteroatoms. The topological polar surface area (TPSA) is 65.2 Å². The molecular formula is C14H32N4O. The first-order chi connectivity index (χ1) is 9.04. The second-order valence-corrected chi connectivity index (χ2v) is 5.45. The molecule has 19 heavy (non-hydrogen) atoms. The number of hydrogen-bond donors (Lipinski definition) is 4. The van der Waals surface area contributed by atoms with Crippen molar-refractivity contribution in [1.29, 1.82) is 0 Å². The van der Waals surface area contributed by atoms with Gasteiger partial charge < -0.3 is 21.3 Å². The zero-order chi connectivity index (χ0) is 14.7. The third-order valence-corrected chi connectivity index (χ3v) is 3.28. The molecule has 5 nitrogen and oxygen atoms in total. The van der Waals surface area contributed by atoms with Crippen LogP contribution in [0.15, 0.2) is 0 Å². The minimum Gasteiger partial charge on any atom is -0.353 e. The van der Waals surface area contributed by atoms with Crippen molar-refractivity contribution in [3.05, 3.63) is 0 Å². The minimum atomic E-state index is -0.0881. The highest BCUT2D eigenvalue weighted by atomic mass is 16.2. The standard InChI is InChI=1S/C14H32N4O/c1-11(2)9-13(17-5)14(19)18-10-12(16-4)7-6-8-15-3/h11-13,15-17H,6-10H2,1-5H3,(H,18,19)/t12-,13-/m0/s1. The number of rotatable bonds is 11. The normalized spacial score (nSPS) is 14.4. The lowest BCUT2D eigenvalue weighted by atomic mass is 10.0. The van der Waals surface area contributed by atoms with E-state index in [1.165, 1.54) is 0 Å². The van der Waals surface area contributed by atoms with Gasteiger partial charge in [0.05, 0.1) is 6.04 Å². The SMILES string of the molecule is CNCCC[C@@H](CNC(=O)[C@H](CC(C)C)NC)NC. The summed E-state index contributed by atoms with van der Waals surface area (Å²) in [6, 6.07) is 0.253. The summed E-state index contributed by atoms with van der Waals surface area (Å²) < 4.78 is 0. The van der Waals surface area contributed by atoms with E-state index in [2.05, 4.69) is 35.1 Å². The Morgan fingerprint density at radius 3 is 2.26 bits per heavy atom. The fraction of sp³-hybridized carbons (Fsp3) is 0.929. The Labute approximate surface area is 118 Å². The van der Waals surface area contributed by atoms with Crippen molar-refractivity contribution >= 4 is 5.91 Å². The van der Waals surface area contributed by atoms with Crippen LogP contribution in [0.25, 0.3) is 0 Å². The first-order valence-electron chi connectivity index (χ1n) is 7.31. The molecule has 114 valence electrons. The third-order valence-electron chi connectivity index (χ3n) is 3.28. The van der Waals surface area contributed by atoms with Crippen molar-refractivity contribution in [3.63, 3.8) is 0 Å². The summed E-state index contributed by atoms with van der Waals surface area (Å²) in [6.45, 7) is 5.96. The van der Waals surface area contributed by atoms with Gasteiger partial charge in [0.2, 0.25) is 5.91 Å². The Hall–Kier alpha value is -0.650. The van der Waals surface area contributed by atoms with Crippen LogP contribution >= 0.6 is 0 Å². The molecule has 0 aromatic heterocycles. The van der Waals surface area contributed by atoms with Gasteiger partial charge in [-0.05, 0) is 52.9 Å². The molecule has 0 unspecified atom stereocenters. The Morgan fingerprint density at radius 2 is 1.79 bits per heavy atom. The fourth-order valence-corrected chi connectivity index (χ4v) is 2.05. The summed E-state index contributed by atoms with van der Waals surface area (Å²) in [5, 5.41) is 12.5. The van der Waals surface area contributed by atoms with Crippen LogP contribution in [-0.4, -0.2) is 52.2 Å². The van der Waals surface area contributed by atoms with Gasteiger partial charge in [0, 0.05) is 12.6 Å². The van der Waals surface area contributed by atoms with E-state index in [1.54, 1.807) is 0 Å². The van der Waals surface area contributed by atoms with Crippen LogP contribution in [0.2, 0.25) is 0 Å². The molecule has 0 aliphatic rings. The van der Waals surface area contributed by atoms with Crippen molar-refractivity contribution in [2.24, 2.45) is 5.92 Å². The molecule has 0 aromatic rings. The molecule has 4 N–H and O–H groups in total. The summed E-state index contributed by atoms with van der Waals surface area (Å²) in [7, 11) is 5.74. The summed E-state index contributed by atoms with van der Waals surface area (Å²) in [6.07, 6.45) is 3.04. The maximum absolute atomic E-state index is 12.0. The van der Waals surface area contributed by atoms with Gasteiger partial charge >= 0.3 is 0 Å². The largest absolute Gasteiger partial charge is 0.353 e. The Bertz CT molecular complexity index is 233. The van der Waals surface area contributed by atoms with E-state index in [0.29, 0.717) is 18.5 Å². The van der Waals surface area contributed by atoms with Gasteiger partial charge in [0.25, 0.3) is 0 Å². The van der Waals surface area contributed by atoms with E-state index in [-0.39, 0.29) is 11.9 Å². The van der Waals surface area contributed by atoms with Gasteiger partial charge in [-0.2, -0.15) is 0 Å². The number of likely N-dealkylation sites (N-methyl/N-ethyl adjacent to an activating group) is 2. The van der Waals surface area contributed by atoms with E-state index in [9.17, 15) is 4.79 Å². The maximum atomic E-state index is 12.0. The van der Waals surface area contributed by atoms with Crippen LogP contribution < -0.4 is 21.3 Å². The lowest BCUT2D eigenvalue weighted by Gasteiger charge is -2.21. The molecule has 0 saturated carbocycles. The molecule has 0 aliphatic carbocycles. The first kappa shape index (κ1) is 18.4. The Kier molecular flexibility index (Phi) is 10.8. The highest BCUT2D eigenvalue weighted by Gasteiger charge is 2.18. The number of carbonyl (C=O) groups is 1. The predicted octanol–water partition coefficient (Wildman–Crippen LogP) is 0.324. The zero-order valence-corrected chi connectivity index (χ0v) is 13.2. The first-order valence-corrected chi connectivity index (χ1v) is 7.31. The summed E-state index contributed by atoms with van der Waals surface area (Å²) in [5.74, 6) is 0.615. The Morgan fingerprint density at radius 1 is 1.11 bits per heavy atom. The number of nitrogens with one attached hydrogen (secondary N) is 4. The smallest absolute Gasteiger partial charge is 0.237 e. The van der Waals surface area contributed by atoms with Crippen LogP contribution in [0.3, 0.4) is 0 Å². The lowest BCUT2D eigenvalue weighted by Crippen LogP contribution is -2.47. The number of amides is 1. The van der Waals surface area contributed by atoms with Gasteiger partial charge in [-0.1, -0.05) is 13.8 Å². The van der Waals surface area contributed by atoms with Crippen LogP contribution in [0.1, 0.15) is 33.1 Å². The second kappa shape index (κ2) is 11.2. The molecule has 0 bridgehead atoms. The van der Waals surface area contributed by atoms with E-state index < -0.39 is 0 Å². The summed E-state index contributed by atoms with van der Waals surface area (Å²) in [4.78, 5) is 12.0. The van der Waals surface area contributed by atoms with Crippen LogP contribution in [0.4, 0.5) is 0 Å². The average Bonchev–Trinajstić information content (AvgIpc) is 2.39. The molecule has 0 radical (unpaired) electrons. The Balaban J connectivity index is 4.01. The van der Waals surface area contributed by atoms with Gasteiger partial charge in [-0.3, -0.25) is 4.79 Å². The molecule has 0 heterocycles. The van der Waals surface area contributed by atoms with Gasteiger partial charge in [-0.15, -0.1) is 0 Å². The molecular weight excluding hydrogens is 240 g/mol. The molecule has 1 amide bonds. The molecule has 0 rings (SSSR count). The maximum Gasteiger partial charge on any atom is 0.237 e. The predicted molar refractivity (Wildman–Crippen MR) is 81.3 cm³/mol. The van der Waals surface area contributed by atoms with Crippen LogP contribution in [-0.2, 0) is 4.79 Å². The highest BCUT2D eigenvalue weighted by molar-refractivity contribution is 5.81. The van der Waals surface area contributed by atoms with Gasteiger partial charge in [-0.25, -0.2) is 0 Å². The molecule has 0 spiro atoms. The molecule has 0 fully saturated rings. The summed E-state index contributed by atoms with van der Waals surface area (Å²) >= 11 is 0. The van der Waals surface area contributed by atoms with Crippen molar-refractivity contribution in [2.45, 2.75) is 45.2 Å². The summed E-state index contributed by atoms with van der Waals surface area (Å²) in [5.41, 5.74) is 0. The van der Waals surface area contributed by atoms with Gasteiger partial charge in [0.1, 0.15) is 0 Å². The molecule has 0 saturated heterocycles. The van der Waals surface area contributed by atoms with E-state index >= 15 is 0 Å². The van der Waals surface area contributed by atoms with E-state index in [1.807, 2.05) is 21.1 Å². The zero-order valence-electron chi connectivity index (χ0n) is 13.2. The lowest BCUT2D eigenvalue weighted by molar-refractivity contribution is -0.123. The molecule has 0 aliphatic heterocycles. The van der Waals surface area contributed by atoms with Crippen LogP contribution in [0, 0.1) is 5.92 Å². The highest BCUT2D eigenvalue weighted by Crippen LogP contribution is 2.04. The van der Waals surface area contributed by atoms with E-state index in [0.717, 1.165) is 25.8 Å². The van der Waals surface area contributed by atoms with Crippen molar-refractivity contribution in [3.8, 4) is 0 Å². The second-order valence-electron chi connectivity index (χ2n) is 5.45. The van der Waals surface area contributed by atoms with E-state index in [4.69, 9.17) is 0 Å². The van der Waals surface area contributed by atoms with Crippen molar-refractivity contribution < 1.29 is 4.79 Å². The monoisotopic (exact) mass is 272 g/mol. The van der Waals surface area contributed by atoms with Crippen molar-refractivity contribution in [1.82, 2.24) is 21.3 Å². The van der Waals surface area contributed by atoms with Crippen molar-refractivity contribution in [2.75, 3.05) is 34.2 Å². The number of carbonyl (C=O) groups excluding carboxylic acids is 1. The quantitative estimate of drug-likeness (QED) is 0.409. The minimum absolute atomic E-state index is 0.0881.